The lowest BCUT2D eigenvalue weighted by atomic mass is 9.80. The maximum atomic E-state index is 11.1. The van der Waals surface area contributed by atoms with Gasteiger partial charge in [0.2, 0.25) is 0 Å². The van der Waals surface area contributed by atoms with Gasteiger partial charge in [0.05, 0.1) is 7.11 Å². The number of ether oxygens (including phenoxy) is 2. The maximum Gasteiger partial charge on any atom is 0.384 e. The molecule has 0 spiro atoms. The van der Waals surface area contributed by atoms with Crippen LogP contribution in [0, 0.1) is 11.8 Å². The number of rotatable bonds is 7. The third kappa shape index (κ3) is 4.93. The van der Waals surface area contributed by atoms with Gasteiger partial charge in [-0.1, -0.05) is 96.9 Å². The first-order valence-electron chi connectivity index (χ1n) is 9.64. The molecule has 3 aromatic rings. The van der Waals surface area contributed by atoms with Crippen molar-refractivity contribution < 1.29 is 14.3 Å². The smallest absolute Gasteiger partial charge is 0.384 e. The van der Waals surface area contributed by atoms with Crippen molar-refractivity contribution in [1.29, 1.82) is 0 Å². The van der Waals surface area contributed by atoms with E-state index in [1.165, 1.54) is 7.11 Å². The summed E-state index contributed by atoms with van der Waals surface area (Å²) >= 11 is 0. The predicted molar refractivity (Wildman–Crippen MR) is 114 cm³/mol. The largest absolute Gasteiger partial charge is 0.459 e. The second kappa shape index (κ2) is 10.3. The van der Waals surface area contributed by atoms with Crippen LogP contribution >= 0.6 is 0 Å². The SMILES string of the molecule is COC(=O)C#CCCCOC(c1ccccc1)(c1ccccc1)c1ccccc1. The van der Waals surface area contributed by atoms with E-state index in [4.69, 9.17) is 4.74 Å². The summed E-state index contributed by atoms with van der Waals surface area (Å²) < 4.78 is 11.2. The van der Waals surface area contributed by atoms with Gasteiger partial charge < -0.3 is 9.47 Å². The minimum absolute atomic E-state index is 0.495. The van der Waals surface area contributed by atoms with E-state index in [-0.39, 0.29) is 0 Å². The van der Waals surface area contributed by atoms with Gasteiger partial charge in [-0.05, 0) is 23.1 Å². The number of unbranched alkanes of at least 4 members (excludes halogenated alkanes) is 1. The zero-order valence-corrected chi connectivity index (χ0v) is 16.5. The average molecular weight is 384 g/mol. The Kier molecular flexibility index (Phi) is 7.22. The van der Waals surface area contributed by atoms with Crippen molar-refractivity contribution in [1.82, 2.24) is 0 Å². The van der Waals surface area contributed by atoms with Crippen molar-refractivity contribution in [3.63, 3.8) is 0 Å². The van der Waals surface area contributed by atoms with Crippen LogP contribution in [0.2, 0.25) is 0 Å². The maximum absolute atomic E-state index is 11.1. The highest BCUT2D eigenvalue weighted by Gasteiger charge is 2.37. The van der Waals surface area contributed by atoms with Gasteiger partial charge in [-0.15, -0.1) is 0 Å². The molecule has 0 saturated heterocycles. The fourth-order valence-electron chi connectivity index (χ4n) is 3.34. The molecule has 0 aliphatic rings. The predicted octanol–water partition coefficient (Wildman–Crippen LogP) is 4.95. The summed E-state index contributed by atoms with van der Waals surface area (Å²) in [5.74, 6) is 4.78. The van der Waals surface area contributed by atoms with Crippen LogP contribution in [0.25, 0.3) is 0 Å². The lowest BCUT2D eigenvalue weighted by molar-refractivity contribution is -0.133. The molecule has 0 aliphatic carbocycles. The minimum Gasteiger partial charge on any atom is -0.459 e. The molecule has 0 fully saturated rings. The van der Waals surface area contributed by atoms with Crippen LogP contribution in [-0.4, -0.2) is 19.7 Å². The Morgan fingerprint density at radius 2 is 1.24 bits per heavy atom. The molecular weight excluding hydrogens is 360 g/mol. The number of hydrogen-bond acceptors (Lipinski definition) is 3. The standard InChI is InChI=1S/C26H24O3/c1-28-25(27)20-12-5-13-21-29-26(22-14-6-2-7-15-22,23-16-8-3-9-17-23)24-18-10-4-11-19-24/h2-4,6-11,14-19H,5,13,21H2,1H3. The number of esters is 1. The highest BCUT2D eigenvalue weighted by Crippen LogP contribution is 2.40. The van der Waals surface area contributed by atoms with E-state index in [0.29, 0.717) is 19.4 Å². The van der Waals surface area contributed by atoms with E-state index in [1.54, 1.807) is 0 Å². The molecule has 0 amide bonds. The Labute approximate surface area is 172 Å². The molecule has 0 heterocycles. The van der Waals surface area contributed by atoms with Crippen molar-refractivity contribution in [2.45, 2.75) is 18.4 Å². The lowest BCUT2D eigenvalue weighted by Gasteiger charge is -2.36. The second-order valence-electron chi connectivity index (χ2n) is 6.52. The number of carbonyl (C=O) groups is 1. The van der Waals surface area contributed by atoms with Crippen molar-refractivity contribution in [2.24, 2.45) is 0 Å². The molecule has 0 aliphatic heterocycles. The van der Waals surface area contributed by atoms with Crippen LogP contribution < -0.4 is 0 Å². The van der Waals surface area contributed by atoms with Gasteiger partial charge in [0.25, 0.3) is 0 Å². The van der Waals surface area contributed by atoms with Gasteiger partial charge in [0.1, 0.15) is 5.60 Å². The summed E-state index contributed by atoms with van der Waals surface area (Å²) in [4.78, 5) is 11.1. The molecule has 0 bridgehead atoms. The molecule has 0 unspecified atom stereocenters. The monoisotopic (exact) mass is 384 g/mol. The number of methoxy groups -OCH3 is 1. The fourth-order valence-corrected chi connectivity index (χ4v) is 3.34. The van der Waals surface area contributed by atoms with Gasteiger partial charge >= 0.3 is 5.97 Å². The van der Waals surface area contributed by atoms with Crippen molar-refractivity contribution in [3.05, 3.63) is 108 Å². The molecule has 0 N–H and O–H groups in total. The number of benzene rings is 3. The first-order valence-corrected chi connectivity index (χ1v) is 9.64. The molecule has 0 aromatic heterocycles. The summed E-state index contributed by atoms with van der Waals surface area (Å²) in [6.45, 7) is 0.495. The molecule has 0 atom stereocenters. The van der Waals surface area contributed by atoms with E-state index >= 15 is 0 Å². The lowest BCUT2D eigenvalue weighted by Crippen LogP contribution is -2.33. The van der Waals surface area contributed by atoms with Crippen LogP contribution in [-0.2, 0) is 19.9 Å². The molecule has 3 rings (SSSR count). The number of hydrogen-bond donors (Lipinski definition) is 0. The van der Waals surface area contributed by atoms with Crippen molar-refractivity contribution in [2.75, 3.05) is 13.7 Å². The zero-order chi connectivity index (χ0) is 20.4. The van der Waals surface area contributed by atoms with E-state index in [9.17, 15) is 4.79 Å². The summed E-state index contributed by atoms with van der Waals surface area (Å²) in [5.41, 5.74) is 2.48. The Bertz CT molecular complexity index is 858. The molecule has 3 aromatic carbocycles. The van der Waals surface area contributed by atoms with Crippen molar-refractivity contribution >= 4 is 5.97 Å². The molecule has 3 heteroatoms. The Balaban J connectivity index is 1.94. The molecule has 0 saturated carbocycles. The molecule has 146 valence electrons. The fraction of sp³-hybridized carbons (Fsp3) is 0.192. The molecular formula is C26H24O3. The molecule has 29 heavy (non-hydrogen) atoms. The number of carbonyl (C=O) groups excluding carboxylic acids is 1. The highest BCUT2D eigenvalue weighted by atomic mass is 16.5. The quantitative estimate of drug-likeness (QED) is 0.190. The van der Waals surface area contributed by atoms with E-state index in [0.717, 1.165) is 16.7 Å². The van der Waals surface area contributed by atoms with Gasteiger partial charge in [0, 0.05) is 18.9 Å². The normalized spacial score (nSPS) is 10.7. The van der Waals surface area contributed by atoms with E-state index < -0.39 is 11.6 Å². The average Bonchev–Trinajstić information content (AvgIpc) is 2.80. The Hall–Kier alpha value is -3.35. The zero-order valence-electron chi connectivity index (χ0n) is 16.5. The highest BCUT2D eigenvalue weighted by molar-refractivity contribution is 5.88. The topological polar surface area (TPSA) is 35.5 Å². The molecule has 0 radical (unpaired) electrons. The van der Waals surface area contributed by atoms with Gasteiger partial charge in [-0.3, -0.25) is 0 Å². The van der Waals surface area contributed by atoms with Crippen molar-refractivity contribution in [3.8, 4) is 11.8 Å². The Morgan fingerprint density at radius 3 is 1.66 bits per heavy atom. The first kappa shape index (κ1) is 20.4. The van der Waals surface area contributed by atoms with E-state index in [2.05, 4.69) is 53.0 Å². The third-order valence-corrected chi connectivity index (χ3v) is 4.68. The van der Waals surface area contributed by atoms with Crippen LogP contribution in [0.15, 0.2) is 91.0 Å². The summed E-state index contributed by atoms with van der Waals surface area (Å²) in [5, 5.41) is 0. The Morgan fingerprint density at radius 1 is 0.793 bits per heavy atom. The summed E-state index contributed by atoms with van der Waals surface area (Å²) in [6.07, 6.45) is 1.27. The minimum atomic E-state index is -0.723. The summed E-state index contributed by atoms with van der Waals surface area (Å²) in [7, 11) is 1.33. The summed E-state index contributed by atoms with van der Waals surface area (Å²) in [6, 6.07) is 30.8. The van der Waals surface area contributed by atoms with Crippen LogP contribution in [0.1, 0.15) is 29.5 Å². The van der Waals surface area contributed by atoms with Gasteiger partial charge in [-0.2, -0.15) is 0 Å². The van der Waals surface area contributed by atoms with Crippen LogP contribution in [0.3, 0.4) is 0 Å². The van der Waals surface area contributed by atoms with Gasteiger partial charge in [0.15, 0.2) is 0 Å². The first-order chi connectivity index (χ1) is 14.3. The van der Waals surface area contributed by atoms with Crippen LogP contribution in [0.5, 0.6) is 0 Å². The van der Waals surface area contributed by atoms with Crippen LogP contribution in [0.4, 0.5) is 0 Å². The van der Waals surface area contributed by atoms with E-state index in [1.807, 2.05) is 54.6 Å². The molecule has 3 nitrogen and oxygen atoms in total. The second-order valence-corrected chi connectivity index (χ2v) is 6.52. The van der Waals surface area contributed by atoms with Gasteiger partial charge in [-0.25, -0.2) is 4.79 Å². The third-order valence-electron chi connectivity index (χ3n) is 4.68.